The largest absolute Gasteiger partial charge is 0.488 e. The molecular formula is C34H47BrN2O5. The smallest absolute Gasteiger partial charge is 0.410 e. The van der Waals surface area contributed by atoms with Crippen molar-refractivity contribution < 1.29 is 24.2 Å². The molecule has 1 aliphatic carbocycles. The van der Waals surface area contributed by atoms with Crippen LogP contribution in [0.25, 0.3) is 0 Å². The maximum Gasteiger partial charge on any atom is 0.410 e. The van der Waals surface area contributed by atoms with E-state index in [1.165, 1.54) is 0 Å². The Morgan fingerprint density at radius 3 is 2.26 bits per heavy atom. The molecule has 1 heterocycles. The lowest BCUT2D eigenvalue weighted by Crippen LogP contribution is -2.62. The molecule has 7 nitrogen and oxygen atoms in total. The fourth-order valence-corrected chi connectivity index (χ4v) is 6.64. The lowest BCUT2D eigenvalue weighted by atomic mass is 9.72. The monoisotopic (exact) mass is 642 g/mol. The Hall–Kier alpha value is -2.58. The van der Waals surface area contributed by atoms with Gasteiger partial charge in [-0.2, -0.15) is 0 Å². The number of amides is 2. The molecule has 2 amide bonds. The van der Waals surface area contributed by atoms with Crippen LogP contribution in [0.2, 0.25) is 0 Å². The van der Waals surface area contributed by atoms with Crippen molar-refractivity contribution in [2.45, 2.75) is 103 Å². The second-order valence-corrected chi connectivity index (χ2v) is 14.8. The summed E-state index contributed by atoms with van der Waals surface area (Å²) < 4.78 is 12.5. The molecule has 1 N–H and O–H groups in total. The van der Waals surface area contributed by atoms with Crippen LogP contribution in [0.1, 0.15) is 90.7 Å². The van der Waals surface area contributed by atoms with Crippen LogP contribution >= 0.6 is 15.9 Å². The lowest BCUT2D eigenvalue weighted by molar-refractivity contribution is -0.146. The highest BCUT2D eigenvalue weighted by Crippen LogP contribution is 2.43. The van der Waals surface area contributed by atoms with E-state index >= 15 is 0 Å². The van der Waals surface area contributed by atoms with Crippen molar-refractivity contribution >= 4 is 27.9 Å². The maximum atomic E-state index is 14.5. The standard InChI is InChI=1S/C34H47BrN2O5/c1-32(2,3)28-22-36(19-20-37(28)31(39)42-33(4,5)6)30(38)29(34(40)17-11-8-12-18-34)25-15-16-27(26(35)21-25)41-23-24-13-9-7-10-14-24/h7,9-10,13-16,21,28-29,40H,8,11-12,17-20,22-23H2,1-6H3. The summed E-state index contributed by atoms with van der Waals surface area (Å²) in [6, 6.07) is 15.5. The molecule has 2 aliphatic rings. The molecule has 4 rings (SSSR count). The normalized spacial score (nSPS) is 20.1. The zero-order valence-electron chi connectivity index (χ0n) is 26.0. The summed E-state index contributed by atoms with van der Waals surface area (Å²) in [5.74, 6) is -0.128. The number of rotatable bonds is 6. The number of piperazine rings is 1. The van der Waals surface area contributed by atoms with Gasteiger partial charge in [-0.25, -0.2) is 4.79 Å². The van der Waals surface area contributed by atoms with Gasteiger partial charge in [-0.1, -0.05) is 76.4 Å². The van der Waals surface area contributed by atoms with Crippen LogP contribution in [0, 0.1) is 5.41 Å². The van der Waals surface area contributed by atoms with Crippen molar-refractivity contribution in [3.63, 3.8) is 0 Å². The van der Waals surface area contributed by atoms with E-state index in [2.05, 4.69) is 36.7 Å². The van der Waals surface area contributed by atoms with Crippen molar-refractivity contribution in [1.82, 2.24) is 9.80 Å². The highest BCUT2D eigenvalue weighted by atomic mass is 79.9. The van der Waals surface area contributed by atoms with E-state index in [1.807, 2.05) is 74.2 Å². The Balaban J connectivity index is 1.60. The van der Waals surface area contributed by atoms with Crippen molar-refractivity contribution in [3.05, 3.63) is 64.1 Å². The quantitative estimate of drug-likeness (QED) is 0.358. The van der Waals surface area contributed by atoms with E-state index in [0.29, 0.717) is 44.8 Å². The Kier molecular flexibility index (Phi) is 9.98. The Morgan fingerprint density at radius 1 is 1.00 bits per heavy atom. The van der Waals surface area contributed by atoms with E-state index in [1.54, 1.807) is 4.90 Å². The molecule has 2 aromatic rings. The van der Waals surface area contributed by atoms with Gasteiger partial charge in [-0.3, -0.25) is 4.79 Å². The van der Waals surface area contributed by atoms with Crippen LogP contribution in [0.4, 0.5) is 4.79 Å². The van der Waals surface area contributed by atoms with Gasteiger partial charge in [0.25, 0.3) is 0 Å². The van der Waals surface area contributed by atoms with Gasteiger partial charge < -0.3 is 24.4 Å². The van der Waals surface area contributed by atoms with E-state index in [4.69, 9.17) is 9.47 Å². The van der Waals surface area contributed by atoms with Gasteiger partial charge in [0.1, 0.15) is 18.0 Å². The van der Waals surface area contributed by atoms with Crippen molar-refractivity contribution in [2.75, 3.05) is 19.6 Å². The number of carbonyl (C=O) groups is 2. The third-order valence-corrected chi connectivity index (χ3v) is 8.97. The SMILES string of the molecule is CC(C)(C)OC(=O)N1CCN(C(=O)C(c2ccc(OCc3ccccc3)c(Br)c2)C2(O)CCCCC2)CC1C(C)(C)C. The highest BCUT2D eigenvalue weighted by molar-refractivity contribution is 9.10. The molecule has 2 aromatic carbocycles. The maximum absolute atomic E-state index is 14.5. The van der Waals surface area contributed by atoms with Crippen LogP contribution in [-0.2, 0) is 16.1 Å². The number of benzene rings is 2. The minimum absolute atomic E-state index is 0.0951. The number of hydrogen-bond acceptors (Lipinski definition) is 5. The fourth-order valence-electron chi connectivity index (χ4n) is 6.13. The number of ether oxygens (including phenoxy) is 2. The van der Waals surface area contributed by atoms with E-state index in [9.17, 15) is 14.7 Å². The van der Waals surface area contributed by atoms with Gasteiger partial charge in [-0.15, -0.1) is 0 Å². The van der Waals surface area contributed by atoms with Crippen LogP contribution in [0.5, 0.6) is 5.75 Å². The number of carbonyl (C=O) groups excluding carboxylic acids is 2. The minimum Gasteiger partial charge on any atom is -0.488 e. The predicted molar refractivity (Wildman–Crippen MR) is 168 cm³/mol. The van der Waals surface area contributed by atoms with Gasteiger partial charge in [-0.05, 0) is 78.2 Å². The summed E-state index contributed by atoms with van der Waals surface area (Å²) in [6.07, 6.45) is 3.63. The molecule has 2 fully saturated rings. The lowest BCUT2D eigenvalue weighted by Gasteiger charge is -2.49. The van der Waals surface area contributed by atoms with Crippen LogP contribution < -0.4 is 4.74 Å². The number of nitrogens with zero attached hydrogens (tertiary/aromatic N) is 2. The van der Waals surface area contributed by atoms with Crippen molar-refractivity contribution in [2.24, 2.45) is 5.41 Å². The summed E-state index contributed by atoms with van der Waals surface area (Å²) >= 11 is 3.67. The van der Waals surface area contributed by atoms with Crippen molar-refractivity contribution in [1.29, 1.82) is 0 Å². The van der Waals surface area contributed by atoms with Crippen LogP contribution in [-0.4, -0.2) is 63.8 Å². The first-order valence-corrected chi connectivity index (χ1v) is 15.9. The summed E-state index contributed by atoms with van der Waals surface area (Å²) in [7, 11) is 0. The summed E-state index contributed by atoms with van der Waals surface area (Å²) in [5.41, 5.74) is -0.192. The van der Waals surface area contributed by atoms with Crippen LogP contribution in [0.15, 0.2) is 53.0 Å². The van der Waals surface area contributed by atoms with Gasteiger partial charge in [0, 0.05) is 19.6 Å². The third-order valence-electron chi connectivity index (χ3n) is 8.35. The van der Waals surface area contributed by atoms with Crippen molar-refractivity contribution in [3.8, 4) is 5.75 Å². The molecule has 8 heteroatoms. The molecular weight excluding hydrogens is 596 g/mol. The second kappa shape index (κ2) is 13.0. The van der Waals surface area contributed by atoms with E-state index in [0.717, 1.165) is 34.9 Å². The van der Waals surface area contributed by atoms with Gasteiger partial charge in [0.15, 0.2) is 0 Å². The molecule has 0 spiro atoms. The Labute approximate surface area is 259 Å². The summed E-state index contributed by atoms with van der Waals surface area (Å²) in [4.78, 5) is 31.3. The number of hydrogen-bond donors (Lipinski definition) is 1. The average Bonchev–Trinajstić information content (AvgIpc) is 2.92. The molecule has 2 atom stereocenters. The molecule has 1 aliphatic heterocycles. The molecule has 0 radical (unpaired) electrons. The Morgan fingerprint density at radius 2 is 1.67 bits per heavy atom. The van der Waals surface area contributed by atoms with Gasteiger partial charge in [0.2, 0.25) is 5.91 Å². The summed E-state index contributed by atoms with van der Waals surface area (Å²) in [5, 5.41) is 12.0. The molecule has 0 bridgehead atoms. The second-order valence-electron chi connectivity index (χ2n) is 13.9. The minimum atomic E-state index is -1.14. The predicted octanol–water partition coefficient (Wildman–Crippen LogP) is 7.30. The molecule has 42 heavy (non-hydrogen) atoms. The zero-order chi connectivity index (χ0) is 30.7. The Bertz CT molecular complexity index is 1230. The first-order chi connectivity index (χ1) is 19.7. The first-order valence-electron chi connectivity index (χ1n) is 15.1. The number of aliphatic hydroxyl groups is 1. The van der Waals surface area contributed by atoms with E-state index < -0.39 is 17.1 Å². The zero-order valence-corrected chi connectivity index (χ0v) is 27.6. The molecule has 1 saturated heterocycles. The highest BCUT2D eigenvalue weighted by Gasteiger charge is 2.48. The molecule has 1 saturated carbocycles. The summed E-state index contributed by atoms with van der Waals surface area (Å²) in [6.45, 7) is 13.4. The molecule has 0 aromatic heterocycles. The molecule has 2 unspecified atom stereocenters. The first kappa shape index (κ1) is 32.3. The van der Waals surface area contributed by atoms with Gasteiger partial charge >= 0.3 is 6.09 Å². The molecule has 230 valence electrons. The number of halogens is 1. The van der Waals surface area contributed by atoms with E-state index in [-0.39, 0.29) is 23.5 Å². The van der Waals surface area contributed by atoms with Gasteiger partial charge in [0.05, 0.1) is 22.0 Å². The fraction of sp³-hybridized carbons (Fsp3) is 0.588. The average molecular weight is 644 g/mol. The topological polar surface area (TPSA) is 79.3 Å². The third kappa shape index (κ3) is 7.87. The van der Waals surface area contributed by atoms with Crippen LogP contribution in [0.3, 0.4) is 0 Å².